The molecule has 0 spiro atoms. The van der Waals surface area contributed by atoms with Crippen LogP contribution in [0, 0.1) is 21.4 Å². The van der Waals surface area contributed by atoms with Gasteiger partial charge in [0.05, 0.1) is 16.6 Å². The average Bonchev–Trinajstić information content (AvgIpc) is 3.37. The van der Waals surface area contributed by atoms with E-state index in [0.29, 0.717) is 10.6 Å². The van der Waals surface area contributed by atoms with Gasteiger partial charge < -0.3 is 10.6 Å². The molecule has 0 fully saturated rings. The summed E-state index contributed by atoms with van der Waals surface area (Å²) in [4.78, 5) is 40.8. The van der Waals surface area contributed by atoms with Crippen molar-refractivity contribution in [2.45, 2.75) is 12.5 Å². The lowest BCUT2D eigenvalue weighted by molar-refractivity contribution is -0.384. The first-order valence-electron chi connectivity index (χ1n) is 10.6. The van der Waals surface area contributed by atoms with E-state index >= 15 is 0 Å². The molecule has 0 bridgehead atoms. The lowest BCUT2D eigenvalue weighted by atomic mass is 10.0. The summed E-state index contributed by atoms with van der Waals surface area (Å²) in [7, 11) is 0. The van der Waals surface area contributed by atoms with Gasteiger partial charge >= 0.3 is 0 Å². The molecule has 0 radical (unpaired) electrons. The third-order valence-electron chi connectivity index (χ3n) is 5.29. The van der Waals surface area contributed by atoms with Gasteiger partial charge in [-0.05, 0) is 22.4 Å². The van der Waals surface area contributed by atoms with Gasteiger partial charge in [-0.1, -0.05) is 54.6 Å². The highest BCUT2D eigenvalue weighted by atomic mass is 32.1. The van der Waals surface area contributed by atoms with Gasteiger partial charge in [-0.2, -0.15) is 5.26 Å². The molecule has 0 aliphatic heterocycles. The molecule has 1 heterocycles. The topological polar surface area (TPSA) is 138 Å². The van der Waals surface area contributed by atoms with E-state index < -0.39 is 22.8 Å². The van der Waals surface area contributed by atoms with E-state index in [9.17, 15) is 19.7 Å². The Bertz CT molecular complexity index is 1460. The summed E-state index contributed by atoms with van der Waals surface area (Å²) in [5.74, 6) is -1.09. The Morgan fingerprint density at radius 3 is 2.60 bits per heavy atom. The van der Waals surface area contributed by atoms with E-state index in [2.05, 4.69) is 15.6 Å². The average molecular weight is 486 g/mol. The molecule has 2 amide bonds. The van der Waals surface area contributed by atoms with Crippen molar-refractivity contribution in [3.05, 3.63) is 93.5 Å². The van der Waals surface area contributed by atoms with Crippen LogP contribution >= 0.6 is 11.3 Å². The highest BCUT2D eigenvalue weighted by Gasteiger charge is 2.24. The molecule has 0 saturated carbocycles. The number of nitrogens with zero attached hydrogens (tertiary/aromatic N) is 3. The lowest BCUT2D eigenvalue weighted by Gasteiger charge is -2.17. The quantitative estimate of drug-likeness (QED) is 0.221. The zero-order valence-electron chi connectivity index (χ0n) is 18.3. The zero-order chi connectivity index (χ0) is 24.8. The number of hydrogen-bond donors (Lipinski definition) is 2. The Balaban J connectivity index is 1.56. The second-order valence-electron chi connectivity index (χ2n) is 7.60. The van der Waals surface area contributed by atoms with Gasteiger partial charge in [0.25, 0.3) is 11.6 Å². The molecular formula is C25H19N5O4S. The first-order valence-corrected chi connectivity index (χ1v) is 11.5. The smallest absolute Gasteiger partial charge is 0.279 e. The number of nitro groups is 1. The van der Waals surface area contributed by atoms with Crippen molar-refractivity contribution in [2.75, 3.05) is 6.54 Å². The number of amides is 2. The molecule has 0 aliphatic rings. The number of carbonyl (C=O) groups excluding carboxylic acids is 2. The number of nitrogens with one attached hydrogen (secondary N) is 2. The van der Waals surface area contributed by atoms with Crippen molar-refractivity contribution in [1.82, 2.24) is 15.6 Å². The van der Waals surface area contributed by atoms with Gasteiger partial charge in [0, 0.05) is 17.9 Å². The van der Waals surface area contributed by atoms with E-state index in [4.69, 9.17) is 5.26 Å². The predicted molar refractivity (Wildman–Crippen MR) is 132 cm³/mol. The van der Waals surface area contributed by atoms with Crippen LogP contribution in [0.1, 0.15) is 16.1 Å². The summed E-state index contributed by atoms with van der Waals surface area (Å²) >= 11 is 1.10. The molecule has 4 rings (SSSR count). The first-order chi connectivity index (χ1) is 17.0. The summed E-state index contributed by atoms with van der Waals surface area (Å²) in [6, 6.07) is 20.6. The molecule has 35 heavy (non-hydrogen) atoms. The van der Waals surface area contributed by atoms with Gasteiger partial charge in [0.2, 0.25) is 5.91 Å². The Kier molecular flexibility index (Phi) is 7.09. The molecule has 3 aromatic carbocycles. The van der Waals surface area contributed by atoms with Crippen LogP contribution in [0.15, 0.2) is 72.1 Å². The van der Waals surface area contributed by atoms with Gasteiger partial charge in [-0.15, -0.1) is 11.3 Å². The highest BCUT2D eigenvalue weighted by molar-refractivity contribution is 7.13. The number of carbonyl (C=O) groups is 2. The standard InChI is InChI=1S/C25H19N5O4S/c26-11-12-27-23(31)20(14-16-9-10-17-5-1-2-6-18(17)13-16)28-24(32)21-15-35-25(29-21)19-7-3-4-8-22(19)30(33)34/h1-10,13,15,20H,12,14H2,(H,27,31)(H,28,32)/t20-/m0/s1. The maximum Gasteiger partial charge on any atom is 0.279 e. The fraction of sp³-hybridized carbons (Fsp3) is 0.120. The van der Waals surface area contributed by atoms with Crippen molar-refractivity contribution in [3.8, 4) is 16.6 Å². The summed E-state index contributed by atoms with van der Waals surface area (Å²) < 4.78 is 0. The molecule has 2 N–H and O–H groups in total. The summed E-state index contributed by atoms with van der Waals surface area (Å²) in [5, 5.41) is 29.2. The van der Waals surface area contributed by atoms with E-state index in [-0.39, 0.29) is 24.3 Å². The molecule has 10 heteroatoms. The van der Waals surface area contributed by atoms with E-state index in [1.54, 1.807) is 18.2 Å². The van der Waals surface area contributed by atoms with Gasteiger partial charge in [-0.3, -0.25) is 19.7 Å². The van der Waals surface area contributed by atoms with E-state index in [0.717, 1.165) is 27.7 Å². The molecule has 0 aliphatic carbocycles. The van der Waals surface area contributed by atoms with Crippen LogP contribution in [0.3, 0.4) is 0 Å². The van der Waals surface area contributed by atoms with Crippen molar-refractivity contribution in [3.63, 3.8) is 0 Å². The molecule has 0 saturated heterocycles. The van der Waals surface area contributed by atoms with Gasteiger partial charge in [-0.25, -0.2) is 4.98 Å². The molecular weight excluding hydrogens is 466 g/mol. The molecule has 1 aromatic heterocycles. The minimum atomic E-state index is -0.951. The van der Waals surface area contributed by atoms with Gasteiger partial charge in [0.15, 0.2) is 0 Å². The number of rotatable bonds is 8. The zero-order valence-corrected chi connectivity index (χ0v) is 19.1. The largest absolute Gasteiger partial charge is 0.341 e. The number of nitro benzene ring substituents is 1. The number of aromatic nitrogens is 1. The number of hydrogen-bond acceptors (Lipinski definition) is 7. The minimum Gasteiger partial charge on any atom is -0.341 e. The Labute approximate surface area is 204 Å². The van der Waals surface area contributed by atoms with Crippen molar-refractivity contribution < 1.29 is 14.5 Å². The SMILES string of the molecule is N#CCNC(=O)[C@H](Cc1ccc2ccccc2c1)NC(=O)c1csc(-c2ccccc2[N+](=O)[O-])n1. The third kappa shape index (κ3) is 5.48. The van der Waals surface area contributed by atoms with Crippen LogP contribution in [-0.4, -0.2) is 34.3 Å². The molecule has 174 valence electrons. The fourth-order valence-corrected chi connectivity index (χ4v) is 4.44. The van der Waals surface area contributed by atoms with E-state index in [1.807, 2.05) is 48.5 Å². The van der Waals surface area contributed by atoms with Crippen molar-refractivity contribution in [2.24, 2.45) is 0 Å². The van der Waals surface area contributed by atoms with Gasteiger partial charge in [0.1, 0.15) is 23.3 Å². The van der Waals surface area contributed by atoms with Crippen molar-refractivity contribution in [1.29, 1.82) is 5.26 Å². The fourth-order valence-electron chi connectivity index (χ4n) is 3.61. The van der Waals surface area contributed by atoms with Crippen LogP contribution in [0.25, 0.3) is 21.3 Å². The highest BCUT2D eigenvalue weighted by Crippen LogP contribution is 2.31. The van der Waals surface area contributed by atoms with Crippen LogP contribution in [-0.2, 0) is 11.2 Å². The second-order valence-corrected chi connectivity index (χ2v) is 8.46. The van der Waals surface area contributed by atoms with Crippen molar-refractivity contribution >= 4 is 39.6 Å². The Morgan fingerprint density at radius 1 is 1.09 bits per heavy atom. The van der Waals surface area contributed by atoms with E-state index in [1.165, 1.54) is 11.4 Å². The predicted octanol–water partition coefficient (Wildman–Crippen LogP) is 3.85. The monoisotopic (exact) mass is 485 g/mol. The molecule has 4 aromatic rings. The number of fused-ring (bicyclic) bond motifs is 1. The lowest BCUT2D eigenvalue weighted by Crippen LogP contribution is -2.48. The summed E-state index contributed by atoms with van der Waals surface area (Å²) in [6.07, 6.45) is 0.203. The van der Waals surface area contributed by atoms with Crippen LogP contribution in [0.5, 0.6) is 0 Å². The molecule has 1 atom stereocenters. The molecule has 0 unspecified atom stereocenters. The number of thiazole rings is 1. The third-order valence-corrected chi connectivity index (χ3v) is 6.16. The number of benzene rings is 3. The summed E-state index contributed by atoms with van der Waals surface area (Å²) in [6.45, 7) is -0.193. The first kappa shape index (κ1) is 23.5. The minimum absolute atomic E-state index is 0.0414. The Morgan fingerprint density at radius 2 is 1.83 bits per heavy atom. The second kappa shape index (κ2) is 10.5. The Hall–Kier alpha value is -4.62. The van der Waals surface area contributed by atoms with Crippen LogP contribution < -0.4 is 10.6 Å². The van der Waals surface area contributed by atoms with Crippen LogP contribution in [0.2, 0.25) is 0 Å². The normalized spacial score (nSPS) is 11.4. The summed E-state index contributed by atoms with van der Waals surface area (Å²) in [5.41, 5.74) is 1.07. The van der Waals surface area contributed by atoms with Crippen LogP contribution in [0.4, 0.5) is 5.69 Å². The maximum atomic E-state index is 13.0. The molecule has 9 nitrogen and oxygen atoms in total. The number of para-hydroxylation sites is 1. The number of nitriles is 1. The maximum absolute atomic E-state index is 13.0.